The Kier molecular flexibility index (Phi) is 4.68. The minimum absolute atomic E-state index is 0.00684. The number of benzene rings is 1. The Bertz CT molecular complexity index is 413. The van der Waals surface area contributed by atoms with Crippen molar-refractivity contribution in [1.82, 2.24) is 0 Å². The smallest absolute Gasteiger partial charge is 0.297 e. The topological polar surface area (TPSA) is 110 Å². The number of hydrogen-bond acceptors (Lipinski definition) is 5. The molecule has 0 spiro atoms. The number of hydrogen-bond donors (Lipinski definition) is 3. The second-order valence-corrected chi connectivity index (χ2v) is 3.91. The van der Waals surface area contributed by atoms with Crippen LogP contribution in [0.15, 0.2) is 18.2 Å². The first kappa shape index (κ1) is 13.7. The molecular formula is C10H13ClN2O4. The highest BCUT2D eigenvalue weighted by Crippen LogP contribution is 2.32. The molecule has 0 aliphatic heterocycles. The number of nitrogen functional groups attached to an aromatic ring is 1. The van der Waals surface area contributed by atoms with Crippen LogP contribution in [-0.2, 0) is 0 Å². The summed E-state index contributed by atoms with van der Waals surface area (Å²) in [6.07, 6.45) is -2.40. The predicted molar refractivity (Wildman–Crippen MR) is 63.8 cm³/mol. The van der Waals surface area contributed by atoms with E-state index in [1.807, 2.05) is 0 Å². The molecule has 1 aromatic rings. The molecule has 0 amide bonds. The van der Waals surface area contributed by atoms with Gasteiger partial charge in [-0.15, -0.1) is 11.6 Å². The molecule has 0 heterocycles. The van der Waals surface area contributed by atoms with Gasteiger partial charge in [0.05, 0.1) is 16.6 Å². The molecule has 4 N–H and O–H groups in total. The Hall–Kier alpha value is -1.37. The van der Waals surface area contributed by atoms with Gasteiger partial charge in [0.1, 0.15) is 11.8 Å². The monoisotopic (exact) mass is 260 g/mol. The molecule has 0 aromatic heterocycles. The van der Waals surface area contributed by atoms with E-state index in [0.717, 1.165) is 0 Å². The number of aliphatic hydroxyl groups excluding tert-OH is 2. The summed E-state index contributed by atoms with van der Waals surface area (Å²) in [5.41, 5.74) is 5.03. The van der Waals surface area contributed by atoms with Crippen molar-refractivity contribution in [1.29, 1.82) is 0 Å². The average Bonchev–Trinajstić information content (AvgIpc) is 2.27. The van der Waals surface area contributed by atoms with Crippen molar-refractivity contribution in [2.45, 2.75) is 18.6 Å². The van der Waals surface area contributed by atoms with E-state index in [2.05, 4.69) is 0 Å². The third-order valence-corrected chi connectivity index (χ3v) is 2.59. The number of alkyl halides is 1. The van der Waals surface area contributed by atoms with Gasteiger partial charge in [-0.25, -0.2) is 0 Å². The zero-order valence-corrected chi connectivity index (χ0v) is 9.67. The lowest BCUT2D eigenvalue weighted by atomic mass is 10.00. The van der Waals surface area contributed by atoms with Gasteiger partial charge in [0.2, 0.25) is 0 Å². The van der Waals surface area contributed by atoms with E-state index in [9.17, 15) is 20.3 Å². The SMILES string of the molecule is Nc1cccc(C(O)C(O)CCCl)c1[N+](=O)[O-]. The van der Waals surface area contributed by atoms with Crippen LogP contribution in [0.3, 0.4) is 0 Å². The van der Waals surface area contributed by atoms with Gasteiger partial charge in [-0.3, -0.25) is 10.1 Å². The first-order valence-corrected chi connectivity index (χ1v) is 5.47. The molecule has 0 aliphatic rings. The van der Waals surface area contributed by atoms with E-state index in [0.29, 0.717) is 0 Å². The normalized spacial score (nSPS) is 14.3. The minimum Gasteiger partial charge on any atom is -0.393 e. The largest absolute Gasteiger partial charge is 0.393 e. The van der Waals surface area contributed by atoms with Crippen LogP contribution in [-0.4, -0.2) is 27.1 Å². The summed E-state index contributed by atoms with van der Waals surface area (Å²) in [5, 5.41) is 30.2. The van der Waals surface area contributed by atoms with Crippen LogP contribution in [0.1, 0.15) is 18.1 Å². The molecule has 2 unspecified atom stereocenters. The third kappa shape index (κ3) is 3.06. The van der Waals surface area contributed by atoms with Gasteiger partial charge in [0.25, 0.3) is 5.69 Å². The van der Waals surface area contributed by atoms with Gasteiger partial charge in [0, 0.05) is 5.88 Å². The number of nitrogens with zero attached hydrogens (tertiary/aromatic N) is 1. The lowest BCUT2D eigenvalue weighted by molar-refractivity contribution is -0.385. The van der Waals surface area contributed by atoms with Crippen LogP contribution < -0.4 is 5.73 Å². The number of halogens is 1. The van der Waals surface area contributed by atoms with Crippen LogP contribution in [0, 0.1) is 10.1 Å². The molecule has 1 rings (SSSR count). The van der Waals surface area contributed by atoms with E-state index in [1.165, 1.54) is 18.2 Å². The van der Waals surface area contributed by atoms with Crippen LogP contribution >= 0.6 is 11.6 Å². The number of para-hydroxylation sites is 1. The fraction of sp³-hybridized carbons (Fsp3) is 0.400. The standard InChI is InChI=1S/C10H13ClN2O4/c11-5-4-8(14)10(15)6-2-1-3-7(12)9(6)13(16)17/h1-3,8,10,14-15H,4-5,12H2. The second kappa shape index (κ2) is 5.81. The van der Waals surface area contributed by atoms with Gasteiger partial charge in [-0.05, 0) is 18.6 Å². The van der Waals surface area contributed by atoms with Crippen LogP contribution in [0.5, 0.6) is 0 Å². The quantitative estimate of drug-likeness (QED) is 0.319. The lowest BCUT2D eigenvalue weighted by Gasteiger charge is -2.17. The summed E-state index contributed by atoms with van der Waals surface area (Å²) in [4.78, 5) is 10.2. The van der Waals surface area contributed by atoms with Crippen LogP contribution in [0.4, 0.5) is 11.4 Å². The van der Waals surface area contributed by atoms with Gasteiger partial charge >= 0.3 is 0 Å². The zero-order valence-electron chi connectivity index (χ0n) is 8.91. The second-order valence-electron chi connectivity index (χ2n) is 3.53. The summed E-state index contributed by atoms with van der Waals surface area (Å²) in [5.74, 6) is 0.147. The fourth-order valence-corrected chi connectivity index (χ4v) is 1.73. The first-order chi connectivity index (χ1) is 7.99. The highest BCUT2D eigenvalue weighted by Gasteiger charge is 2.27. The number of nitrogens with two attached hydrogens (primary N) is 1. The van der Waals surface area contributed by atoms with Gasteiger partial charge in [-0.1, -0.05) is 6.07 Å². The van der Waals surface area contributed by atoms with Crippen molar-refractivity contribution in [2.24, 2.45) is 0 Å². The third-order valence-electron chi connectivity index (χ3n) is 2.37. The molecule has 94 valence electrons. The summed E-state index contributed by atoms with van der Waals surface area (Å²) >= 11 is 5.43. The Morgan fingerprint density at radius 1 is 1.47 bits per heavy atom. The highest BCUT2D eigenvalue weighted by atomic mass is 35.5. The molecule has 17 heavy (non-hydrogen) atoms. The summed E-state index contributed by atoms with van der Waals surface area (Å²) in [6.45, 7) is 0. The van der Waals surface area contributed by atoms with Crippen molar-refractivity contribution in [3.05, 3.63) is 33.9 Å². The highest BCUT2D eigenvalue weighted by molar-refractivity contribution is 6.17. The maximum atomic E-state index is 10.8. The Morgan fingerprint density at radius 2 is 2.12 bits per heavy atom. The number of nitro groups is 1. The molecule has 0 saturated carbocycles. The van der Waals surface area contributed by atoms with Crippen molar-refractivity contribution in [3.8, 4) is 0 Å². The van der Waals surface area contributed by atoms with Crippen molar-refractivity contribution in [3.63, 3.8) is 0 Å². The molecule has 0 bridgehead atoms. The molecule has 0 radical (unpaired) electrons. The molecule has 1 aromatic carbocycles. The number of nitro benzene ring substituents is 1. The van der Waals surface area contributed by atoms with E-state index in [-0.39, 0.29) is 29.2 Å². The number of anilines is 1. The van der Waals surface area contributed by atoms with Gasteiger partial charge in [-0.2, -0.15) is 0 Å². The molecule has 0 saturated heterocycles. The lowest BCUT2D eigenvalue weighted by Crippen LogP contribution is -2.20. The van der Waals surface area contributed by atoms with Crippen LogP contribution in [0.2, 0.25) is 0 Å². The molecule has 0 fully saturated rings. The molecule has 2 atom stereocenters. The Balaban J connectivity index is 3.13. The maximum Gasteiger partial charge on any atom is 0.297 e. The van der Waals surface area contributed by atoms with E-state index in [1.54, 1.807) is 0 Å². The Morgan fingerprint density at radius 3 is 2.65 bits per heavy atom. The van der Waals surface area contributed by atoms with Crippen LogP contribution in [0.25, 0.3) is 0 Å². The summed E-state index contributed by atoms with van der Waals surface area (Å²) < 4.78 is 0. The molecular weight excluding hydrogens is 248 g/mol. The van der Waals surface area contributed by atoms with Crippen molar-refractivity contribution in [2.75, 3.05) is 11.6 Å². The van der Waals surface area contributed by atoms with E-state index < -0.39 is 17.1 Å². The molecule has 6 nitrogen and oxygen atoms in total. The maximum absolute atomic E-state index is 10.8. The molecule has 7 heteroatoms. The van der Waals surface area contributed by atoms with Crippen molar-refractivity contribution >= 4 is 23.0 Å². The average molecular weight is 261 g/mol. The summed E-state index contributed by atoms with van der Waals surface area (Å²) in [7, 11) is 0. The minimum atomic E-state index is -1.38. The van der Waals surface area contributed by atoms with Gasteiger partial charge in [0.15, 0.2) is 0 Å². The van der Waals surface area contributed by atoms with E-state index >= 15 is 0 Å². The summed E-state index contributed by atoms with van der Waals surface area (Å²) in [6, 6.07) is 4.20. The zero-order chi connectivity index (χ0) is 13.0. The number of aliphatic hydroxyl groups is 2. The molecule has 0 aliphatic carbocycles. The first-order valence-electron chi connectivity index (χ1n) is 4.94. The Labute approximate surface area is 103 Å². The van der Waals surface area contributed by atoms with Crippen molar-refractivity contribution < 1.29 is 15.1 Å². The number of rotatable bonds is 5. The van der Waals surface area contributed by atoms with Gasteiger partial charge < -0.3 is 15.9 Å². The van der Waals surface area contributed by atoms with E-state index in [4.69, 9.17) is 17.3 Å². The fourth-order valence-electron chi connectivity index (χ4n) is 1.51. The predicted octanol–water partition coefficient (Wildman–Crippen LogP) is 1.20.